The zero-order valence-electron chi connectivity index (χ0n) is 13.2. The number of nitrogens with zero attached hydrogens (tertiary/aromatic N) is 1. The summed E-state index contributed by atoms with van der Waals surface area (Å²) in [5, 5.41) is 1.97. The van der Waals surface area contributed by atoms with E-state index in [4.69, 9.17) is 11.6 Å². The molecule has 0 fully saturated rings. The fraction of sp³-hybridized carbons (Fsp3) is 0.176. The maximum atomic E-state index is 13.5. The molecule has 132 valence electrons. The van der Waals surface area contributed by atoms with Crippen LogP contribution in [0, 0.1) is 17.5 Å². The topological polar surface area (TPSA) is 49.4 Å². The van der Waals surface area contributed by atoms with E-state index in [0.717, 1.165) is 18.2 Å². The monoisotopic (exact) mass is 370 g/mol. The number of carbonyl (C=O) groups excluding carboxylic acids is 2. The van der Waals surface area contributed by atoms with Gasteiger partial charge in [0, 0.05) is 25.6 Å². The van der Waals surface area contributed by atoms with Gasteiger partial charge in [0.1, 0.15) is 23.1 Å². The van der Waals surface area contributed by atoms with Crippen molar-refractivity contribution >= 4 is 34.8 Å². The van der Waals surface area contributed by atoms with Crippen LogP contribution >= 0.6 is 11.6 Å². The van der Waals surface area contributed by atoms with E-state index in [1.165, 1.54) is 30.0 Å². The van der Waals surface area contributed by atoms with Crippen LogP contribution in [0.25, 0.3) is 0 Å². The van der Waals surface area contributed by atoms with E-state index in [1.54, 1.807) is 0 Å². The number of halogens is 4. The van der Waals surface area contributed by atoms with Crippen LogP contribution in [0.1, 0.15) is 13.3 Å². The number of carbonyl (C=O) groups is 2. The van der Waals surface area contributed by atoms with Crippen molar-refractivity contribution < 1.29 is 22.8 Å². The van der Waals surface area contributed by atoms with E-state index >= 15 is 0 Å². The van der Waals surface area contributed by atoms with Crippen LogP contribution in [-0.4, -0.2) is 18.4 Å². The Bertz CT molecular complexity index is 794. The molecule has 0 heterocycles. The molecular weight excluding hydrogens is 357 g/mol. The van der Waals surface area contributed by atoms with Crippen LogP contribution in [0.3, 0.4) is 0 Å². The van der Waals surface area contributed by atoms with Gasteiger partial charge in [-0.1, -0.05) is 17.7 Å². The van der Waals surface area contributed by atoms with Crippen LogP contribution < -0.4 is 10.2 Å². The fourth-order valence-electron chi connectivity index (χ4n) is 2.15. The van der Waals surface area contributed by atoms with E-state index in [-0.39, 0.29) is 18.0 Å². The molecule has 0 spiro atoms. The molecule has 4 nitrogen and oxygen atoms in total. The summed E-state index contributed by atoms with van der Waals surface area (Å²) in [6.07, 6.45) is -0.220. The summed E-state index contributed by atoms with van der Waals surface area (Å²) in [5.74, 6) is -3.51. The van der Waals surface area contributed by atoms with Crippen molar-refractivity contribution in [2.24, 2.45) is 0 Å². The summed E-state index contributed by atoms with van der Waals surface area (Å²) < 4.78 is 40.3. The highest BCUT2D eigenvalue weighted by molar-refractivity contribution is 6.31. The predicted molar refractivity (Wildman–Crippen MR) is 89.0 cm³/mol. The average Bonchev–Trinajstić information content (AvgIpc) is 2.54. The molecule has 2 aromatic carbocycles. The Hall–Kier alpha value is -2.54. The second kappa shape index (κ2) is 8.02. The minimum absolute atomic E-state index is 0.0702. The lowest BCUT2D eigenvalue weighted by Crippen LogP contribution is -2.32. The maximum Gasteiger partial charge on any atom is 0.226 e. The van der Waals surface area contributed by atoms with Gasteiger partial charge in [-0.25, -0.2) is 13.2 Å². The number of hydrogen-bond acceptors (Lipinski definition) is 2. The van der Waals surface area contributed by atoms with Crippen molar-refractivity contribution in [2.45, 2.75) is 13.3 Å². The number of rotatable bonds is 5. The van der Waals surface area contributed by atoms with Crippen molar-refractivity contribution in [3.8, 4) is 0 Å². The molecule has 2 rings (SSSR count). The highest BCUT2D eigenvalue weighted by atomic mass is 35.5. The minimum atomic E-state index is -0.901. The van der Waals surface area contributed by atoms with E-state index in [0.29, 0.717) is 5.69 Å². The Kier molecular flexibility index (Phi) is 6.03. The summed E-state index contributed by atoms with van der Waals surface area (Å²) >= 11 is 5.69. The van der Waals surface area contributed by atoms with Gasteiger partial charge in [-0.05, 0) is 30.3 Å². The van der Waals surface area contributed by atoms with Crippen LogP contribution in [0.15, 0.2) is 36.4 Å². The largest absolute Gasteiger partial charge is 0.321 e. The molecule has 0 saturated heterocycles. The molecule has 2 amide bonds. The number of para-hydroxylation sites is 1. The molecule has 0 saturated carbocycles. The zero-order valence-corrected chi connectivity index (χ0v) is 13.9. The van der Waals surface area contributed by atoms with Gasteiger partial charge in [0.2, 0.25) is 11.8 Å². The molecule has 0 aliphatic carbocycles. The Labute approximate surface area is 147 Å². The van der Waals surface area contributed by atoms with E-state index in [2.05, 4.69) is 5.32 Å². The van der Waals surface area contributed by atoms with Crippen molar-refractivity contribution in [2.75, 3.05) is 16.8 Å². The van der Waals surface area contributed by atoms with Crippen LogP contribution in [-0.2, 0) is 9.59 Å². The van der Waals surface area contributed by atoms with Crippen LogP contribution in [0.5, 0.6) is 0 Å². The first-order valence-electron chi connectivity index (χ1n) is 7.26. The Balaban J connectivity index is 2.07. The normalized spacial score (nSPS) is 10.4. The Morgan fingerprint density at radius 1 is 1.08 bits per heavy atom. The van der Waals surface area contributed by atoms with Gasteiger partial charge in [-0.2, -0.15) is 0 Å². The van der Waals surface area contributed by atoms with Crippen molar-refractivity contribution in [3.63, 3.8) is 0 Å². The quantitative estimate of drug-likeness (QED) is 0.860. The first-order chi connectivity index (χ1) is 11.8. The van der Waals surface area contributed by atoms with Gasteiger partial charge in [0.25, 0.3) is 0 Å². The van der Waals surface area contributed by atoms with Crippen molar-refractivity contribution in [1.82, 2.24) is 0 Å². The molecule has 25 heavy (non-hydrogen) atoms. The van der Waals surface area contributed by atoms with Gasteiger partial charge < -0.3 is 10.2 Å². The SMILES string of the molecule is CC(=O)N(CCC(=O)Nc1c(F)cccc1F)c1ccc(F)c(Cl)c1. The lowest BCUT2D eigenvalue weighted by atomic mass is 10.2. The van der Waals surface area contributed by atoms with Gasteiger partial charge >= 0.3 is 0 Å². The van der Waals surface area contributed by atoms with E-state index in [1.807, 2.05) is 0 Å². The third-order valence-electron chi connectivity index (χ3n) is 3.38. The molecule has 8 heteroatoms. The standard InChI is InChI=1S/C17H14ClF3N2O2/c1-10(24)23(11-5-6-13(19)12(18)9-11)8-7-16(25)22-17-14(20)3-2-4-15(17)21/h2-6,9H,7-8H2,1H3,(H,22,25). The zero-order chi connectivity index (χ0) is 18.6. The second-order valence-corrected chi connectivity index (χ2v) is 5.57. The molecule has 2 aromatic rings. The Morgan fingerprint density at radius 2 is 1.72 bits per heavy atom. The van der Waals surface area contributed by atoms with Gasteiger partial charge in [0.15, 0.2) is 0 Å². The lowest BCUT2D eigenvalue weighted by Gasteiger charge is -2.21. The second-order valence-electron chi connectivity index (χ2n) is 5.16. The lowest BCUT2D eigenvalue weighted by molar-refractivity contribution is -0.117. The first kappa shape index (κ1) is 18.8. The third-order valence-corrected chi connectivity index (χ3v) is 3.67. The predicted octanol–water partition coefficient (Wildman–Crippen LogP) is 4.14. The number of nitrogens with one attached hydrogen (secondary N) is 1. The highest BCUT2D eigenvalue weighted by Gasteiger charge is 2.17. The fourth-order valence-corrected chi connectivity index (χ4v) is 2.33. The molecule has 0 atom stereocenters. The highest BCUT2D eigenvalue weighted by Crippen LogP contribution is 2.23. The van der Waals surface area contributed by atoms with Crippen LogP contribution in [0.4, 0.5) is 24.5 Å². The van der Waals surface area contributed by atoms with Gasteiger partial charge in [-0.15, -0.1) is 0 Å². The molecule has 0 aromatic heterocycles. The van der Waals surface area contributed by atoms with Crippen molar-refractivity contribution in [1.29, 1.82) is 0 Å². The number of hydrogen-bond donors (Lipinski definition) is 1. The molecular formula is C17H14ClF3N2O2. The molecule has 0 aliphatic rings. The molecule has 0 unspecified atom stereocenters. The molecule has 0 bridgehead atoms. The third kappa shape index (κ3) is 4.73. The number of amides is 2. The summed E-state index contributed by atoms with van der Waals surface area (Å²) in [6, 6.07) is 6.91. The first-order valence-corrected chi connectivity index (χ1v) is 7.64. The smallest absolute Gasteiger partial charge is 0.226 e. The van der Waals surface area contributed by atoms with E-state index < -0.39 is 35.0 Å². The Morgan fingerprint density at radius 3 is 2.28 bits per heavy atom. The maximum absolute atomic E-state index is 13.5. The summed E-state index contributed by atoms with van der Waals surface area (Å²) in [6.45, 7) is 1.20. The average molecular weight is 371 g/mol. The molecule has 0 radical (unpaired) electrons. The summed E-state index contributed by atoms with van der Waals surface area (Å²) in [5.41, 5.74) is -0.240. The number of benzene rings is 2. The molecule has 0 aliphatic heterocycles. The number of anilines is 2. The summed E-state index contributed by atoms with van der Waals surface area (Å²) in [7, 11) is 0. The van der Waals surface area contributed by atoms with Gasteiger partial charge in [0.05, 0.1) is 5.02 Å². The van der Waals surface area contributed by atoms with Gasteiger partial charge in [-0.3, -0.25) is 9.59 Å². The van der Waals surface area contributed by atoms with Crippen molar-refractivity contribution in [3.05, 3.63) is 58.9 Å². The van der Waals surface area contributed by atoms with Crippen LogP contribution in [0.2, 0.25) is 5.02 Å². The molecule has 1 N–H and O–H groups in total. The van der Waals surface area contributed by atoms with E-state index in [9.17, 15) is 22.8 Å². The summed E-state index contributed by atoms with van der Waals surface area (Å²) in [4.78, 5) is 24.9. The minimum Gasteiger partial charge on any atom is -0.321 e.